The van der Waals surface area contributed by atoms with Crippen LogP contribution in [-0.2, 0) is 15.0 Å². The van der Waals surface area contributed by atoms with Gasteiger partial charge in [-0.3, -0.25) is 9.59 Å². The van der Waals surface area contributed by atoms with Gasteiger partial charge >= 0.3 is 11.9 Å². The summed E-state index contributed by atoms with van der Waals surface area (Å²) >= 11 is 0. The van der Waals surface area contributed by atoms with E-state index in [1.807, 2.05) is 0 Å². The van der Waals surface area contributed by atoms with Crippen LogP contribution >= 0.6 is 0 Å². The van der Waals surface area contributed by atoms with Crippen LogP contribution in [0.5, 0.6) is 0 Å². The number of aliphatic carboxylic acids is 2. The maximum absolute atomic E-state index is 11.7. The molecular weight excluding hydrogens is 280 g/mol. The fourth-order valence-corrected chi connectivity index (χ4v) is 2.78. The Morgan fingerprint density at radius 3 is 1.50 bits per heavy atom. The van der Waals surface area contributed by atoms with Crippen molar-refractivity contribution >= 4 is 11.9 Å². The van der Waals surface area contributed by atoms with Crippen LogP contribution in [0.4, 0.5) is 0 Å². The number of benzene rings is 2. The fraction of sp³-hybridized carbons (Fsp3) is 0.111. The third-order valence-corrected chi connectivity index (χ3v) is 3.77. The lowest BCUT2D eigenvalue weighted by Crippen LogP contribution is -2.44. The molecule has 2 rings (SSSR count). The second-order valence-electron chi connectivity index (χ2n) is 4.91. The Kier molecular flexibility index (Phi) is 4.41. The van der Waals surface area contributed by atoms with E-state index in [9.17, 15) is 19.8 Å². The van der Waals surface area contributed by atoms with Crippen molar-refractivity contribution in [2.75, 3.05) is 0 Å². The van der Waals surface area contributed by atoms with E-state index in [0.717, 1.165) is 0 Å². The van der Waals surface area contributed by atoms with Gasteiger partial charge in [0.05, 0.1) is 5.41 Å². The van der Waals surface area contributed by atoms with Crippen molar-refractivity contribution in [1.82, 2.24) is 0 Å². The SMILES string of the molecule is C=CC(c1ccccc1)(c1ccccc1)C(C(=O)O)C(=O)O. The summed E-state index contributed by atoms with van der Waals surface area (Å²) in [4.78, 5) is 23.3. The molecule has 0 aromatic heterocycles. The predicted octanol–water partition coefficient (Wildman–Crippen LogP) is 2.94. The molecule has 0 aliphatic rings. The molecule has 0 spiro atoms. The van der Waals surface area contributed by atoms with E-state index in [1.54, 1.807) is 60.7 Å². The third-order valence-electron chi connectivity index (χ3n) is 3.77. The average molecular weight is 296 g/mol. The molecule has 0 fully saturated rings. The van der Waals surface area contributed by atoms with Crippen molar-refractivity contribution in [1.29, 1.82) is 0 Å². The van der Waals surface area contributed by atoms with Gasteiger partial charge in [-0.25, -0.2) is 0 Å². The van der Waals surface area contributed by atoms with Crippen molar-refractivity contribution in [3.63, 3.8) is 0 Å². The van der Waals surface area contributed by atoms with Gasteiger partial charge in [0.1, 0.15) is 0 Å². The van der Waals surface area contributed by atoms with Crippen molar-refractivity contribution in [2.24, 2.45) is 5.92 Å². The maximum Gasteiger partial charge on any atom is 0.319 e. The highest BCUT2D eigenvalue weighted by Gasteiger charge is 2.48. The van der Waals surface area contributed by atoms with Gasteiger partial charge in [0.25, 0.3) is 0 Å². The molecule has 22 heavy (non-hydrogen) atoms. The van der Waals surface area contributed by atoms with Gasteiger partial charge < -0.3 is 10.2 Å². The largest absolute Gasteiger partial charge is 0.481 e. The molecule has 4 nitrogen and oxygen atoms in total. The normalized spacial score (nSPS) is 11.1. The molecule has 0 aliphatic heterocycles. The zero-order chi connectivity index (χ0) is 16.2. The minimum Gasteiger partial charge on any atom is -0.481 e. The lowest BCUT2D eigenvalue weighted by molar-refractivity contribution is -0.156. The van der Waals surface area contributed by atoms with Crippen LogP contribution < -0.4 is 0 Å². The Morgan fingerprint density at radius 2 is 1.23 bits per heavy atom. The molecule has 0 saturated heterocycles. The van der Waals surface area contributed by atoms with E-state index in [1.165, 1.54) is 6.08 Å². The Bertz CT molecular complexity index is 623. The zero-order valence-electron chi connectivity index (χ0n) is 11.8. The first-order chi connectivity index (χ1) is 10.5. The Hall–Kier alpha value is -2.88. The number of carbonyl (C=O) groups is 2. The Morgan fingerprint density at radius 1 is 0.864 bits per heavy atom. The monoisotopic (exact) mass is 296 g/mol. The van der Waals surface area contributed by atoms with Crippen molar-refractivity contribution in [2.45, 2.75) is 5.41 Å². The number of rotatable bonds is 6. The summed E-state index contributed by atoms with van der Waals surface area (Å²) in [6.45, 7) is 3.74. The fourth-order valence-electron chi connectivity index (χ4n) is 2.78. The van der Waals surface area contributed by atoms with Crippen molar-refractivity contribution < 1.29 is 19.8 Å². The quantitative estimate of drug-likeness (QED) is 0.635. The highest BCUT2D eigenvalue weighted by atomic mass is 16.4. The molecule has 2 aromatic carbocycles. The number of carboxylic acid groups (broad SMARTS) is 2. The summed E-state index contributed by atoms with van der Waals surface area (Å²) < 4.78 is 0. The van der Waals surface area contributed by atoms with Gasteiger partial charge in [-0.2, -0.15) is 0 Å². The first kappa shape index (κ1) is 15.5. The van der Waals surface area contributed by atoms with E-state index < -0.39 is 23.3 Å². The summed E-state index contributed by atoms with van der Waals surface area (Å²) in [5.41, 5.74) is -0.197. The molecule has 112 valence electrons. The molecule has 0 unspecified atom stereocenters. The van der Waals surface area contributed by atoms with E-state index >= 15 is 0 Å². The van der Waals surface area contributed by atoms with Gasteiger partial charge in [0.2, 0.25) is 0 Å². The lowest BCUT2D eigenvalue weighted by Gasteiger charge is -2.35. The van der Waals surface area contributed by atoms with Gasteiger partial charge in [-0.1, -0.05) is 66.7 Å². The molecule has 0 bridgehead atoms. The summed E-state index contributed by atoms with van der Waals surface area (Å²) in [7, 11) is 0. The topological polar surface area (TPSA) is 74.6 Å². The molecule has 0 radical (unpaired) electrons. The summed E-state index contributed by atoms with van der Waals surface area (Å²) in [6, 6.07) is 17.4. The minimum atomic E-state index is -1.67. The van der Waals surface area contributed by atoms with Crippen LogP contribution in [0, 0.1) is 5.92 Å². The number of allylic oxidation sites excluding steroid dienone is 1. The number of hydrogen-bond donors (Lipinski definition) is 2. The molecule has 0 atom stereocenters. The summed E-state index contributed by atoms with van der Waals surface area (Å²) in [6.07, 6.45) is 1.41. The zero-order valence-corrected chi connectivity index (χ0v) is 11.8. The standard InChI is InChI=1S/C18H16O4/c1-2-18(13-9-5-3-6-10-13,14-11-7-4-8-12-14)15(16(19)20)17(21)22/h2-12,15H,1H2,(H,19,20)(H,21,22). The van der Waals surface area contributed by atoms with Crippen LogP contribution in [0.1, 0.15) is 11.1 Å². The molecule has 0 aliphatic carbocycles. The van der Waals surface area contributed by atoms with E-state index in [-0.39, 0.29) is 0 Å². The van der Waals surface area contributed by atoms with Crippen LogP contribution in [0.15, 0.2) is 73.3 Å². The van der Waals surface area contributed by atoms with Gasteiger partial charge in [0.15, 0.2) is 5.92 Å². The first-order valence-corrected chi connectivity index (χ1v) is 6.74. The van der Waals surface area contributed by atoms with Crippen molar-refractivity contribution in [3.05, 3.63) is 84.4 Å². The Labute approximate surface area is 128 Å². The predicted molar refractivity (Wildman–Crippen MR) is 82.6 cm³/mol. The average Bonchev–Trinajstić information content (AvgIpc) is 2.53. The highest BCUT2D eigenvalue weighted by Crippen LogP contribution is 2.41. The third kappa shape index (κ3) is 2.51. The summed E-state index contributed by atoms with van der Waals surface area (Å²) in [5, 5.41) is 19.0. The molecule has 0 amide bonds. The molecule has 4 heteroatoms. The van der Waals surface area contributed by atoms with Crippen LogP contribution in [0.2, 0.25) is 0 Å². The molecule has 0 saturated carbocycles. The maximum atomic E-state index is 11.7. The van der Waals surface area contributed by atoms with Crippen LogP contribution in [-0.4, -0.2) is 22.2 Å². The lowest BCUT2D eigenvalue weighted by atomic mass is 9.65. The van der Waals surface area contributed by atoms with E-state index in [2.05, 4.69) is 6.58 Å². The first-order valence-electron chi connectivity index (χ1n) is 6.74. The molecule has 0 heterocycles. The molecule has 2 aromatic rings. The van der Waals surface area contributed by atoms with Gasteiger partial charge in [0, 0.05) is 0 Å². The molecule has 2 N–H and O–H groups in total. The summed E-state index contributed by atoms with van der Waals surface area (Å²) in [5.74, 6) is -4.48. The molecular formula is C18H16O4. The highest BCUT2D eigenvalue weighted by molar-refractivity contribution is 5.96. The van der Waals surface area contributed by atoms with E-state index in [0.29, 0.717) is 11.1 Å². The van der Waals surface area contributed by atoms with Crippen LogP contribution in [0.3, 0.4) is 0 Å². The number of carboxylic acids is 2. The second-order valence-corrected chi connectivity index (χ2v) is 4.91. The van der Waals surface area contributed by atoms with E-state index in [4.69, 9.17) is 0 Å². The smallest absolute Gasteiger partial charge is 0.319 e. The van der Waals surface area contributed by atoms with Gasteiger partial charge in [-0.05, 0) is 11.1 Å². The minimum absolute atomic E-state index is 0.575. The Balaban J connectivity index is 2.81. The van der Waals surface area contributed by atoms with Gasteiger partial charge in [-0.15, -0.1) is 6.58 Å². The number of hydrogen-bond acceptors (Lipinski definition) is 2. The second kappa shape index (κ2) is 6.26. The van der Waals surface area contributed by atoms with Crippen molar-refractivity contribution in [3.8, 4) is 0 Å². The van der Waals surface area contributed by atoms with Crippen LogP contribution in [0.25, 0.3) is 0 Å².